The molecule has 2 radical (unpaired) electrons. The number of carbonyl (C=O) groups excluding carboxylic acids is 4. The molecule has 12 rings (SSSR count). The Kier molecular flexibility index (Phi) is 15.4. The van der Waals surface area contributed by atoms with Crippen LogP contribution in [0.2, 0.25) is 0 Å². The molecule has 0 aromatic rings. The molecule has 9 fully saturated rings. The smallest absolute Gasteiger partial charge is 0.159 e. The Balaban J connectivity index is 0.000000133. The Bertz CT molecular complexity index is 1970. The second kappa shape index (κ2) is 19.2. The summed E-state index contributed by atoms with van der Waals surface area (Å²) in [6.07, 6.45) is 28.9. The van der Waals surface area contributed by atoms with Gasteiger partial charge in [0.25, 0.3) is 0 Å². The Hall–Kier alpha value is 0.663. The van der Waals surface area contributed by atoms with E-state index >= 15 is 0 Å². The number of allylic oxidation sites excluding steroid dienone is 3. The summed E-state index contributed by atoms with van der Waals surface area (Å²) >= 11 is 0. The van der Waals surface area contributed by atoms with Crippen molar-refractivity contribution in [2.24, 2.45) is 85.8 Å². The van der Waals surface area contributed by atoms with Gasteiger partial charge in [0.15, 0.2) is 5.78 Å². The fraction of sp³-hybridized carbons (Fsp3) is 0.825. The molecular weight excluding hydrogens is 1250 g/mol. The van der Waals surface area contributed by atoms with E-state index < -0.39 is 0 Å². The van der Waals surface area contributed by atoms with Gasteiger partial charge in [-0.15, -0.1) is 0 Å². The number of rotatable bonds is 0. The van der Waals surface area contributed by atoms with E-state index in [0.717, 1.165) is 134 Å². The first-order valence-corrected chi connectivity index (χ1v) is 26.5. The molecule has 7 nitrogen and oxygen atoms in total. The third-order valence-corrected chi connectivity index (χ3v) is 23.2. The van der Waals surface area contributed by atoms with Crippen LogP contribution in [-0.2, 0) is 19.2 Å². The molecule has 358 valence electrons. The molecule has 12 aliphatic rings. The number of ketones is 4. The molecular formula is C57H82Ac2O7. The zero-order chi connectivity index (χ0) is 45.4. The predicted octanol–water partition coefficient (Wildman–Crippen LogP) is 10.8. The Morgan fingerprint density at radius 1 is 0.409 bits per heavy atom. The number of hydrogen-bond donors (Lipinski definition) is 3. The summed E-state index contributed by atoms with van der Waals surface area (Å²) < 4.78 is 0. The average Bonchev–Trinajstić information content (AvgIpc) is 3.87. The Labute approximate surface area is 468 Å². The fourth-order valence-electron chi connectivity index (χ4n) is 19.0. The molecule has 0 bridgehead atoms. The van der Waals surface area contributed by atoms with Crippen molar-refractivity contribution in [1.29, 1.82) is 0 Å². The minimum Gasteiger partial charge on any atom is -0.393 e. The van der Waals surface area contributed by atoms with E-state index in [9.17, 15) is 34.5 Å². The van der Waals surface area contributed by atoms with Gasteiger partial charge in [-0.1, -0.05) is 70.4 Å². The molecule has 0 saturated heterocycles. The van der Waals surface area contributed by atoms with E-state index in [1.807, 2.05) is 6.08 Å². The van der Waals surface area contributed by atoms with Gasteiger partial charge >= 0.3 is 0 Å². The normalized spacial score (nSPS) is 50.5. The minimum absolute atomic E-state index is 0. The number of Topliss-reactive ketones (excluding diaryl/α,β-unsaturated/α-hetero) is 3. The van der Waals surface area contributed by atoms with Gasteiger partial charge in [0.1, 0.15) is 17.3 Å². The van der Waals surface area contributed by atoms with Gasteiger partial charge in [0.05, 0.1) is 18.3 Å². The first-order valence-electron chi connectivity index (χ1n) is 26.5. The van der Waals surface area contributed by atoms with E-state index in [0.29, 0.717) is 70.6 Å². The molecule has 0 aromatic carbocycles. The van der Waals surface area contributed by atoms with Gasteiger partial charge in [-0.3, -0.25) is 19.2 Å². The summed E-state index contributed by atoms with van der Waals surface area (Å²) in [6.45, 7) is 13.8. The number of carbonyl (C=O) groups is 4. The number of aliphatic hydroxyl groups is 3. The molecule has 12 aliphatic carbocycles. The van der Waals surface area contributed by atoms with Crippen LogP contribution in [0.5, 0.6) is 0 Å². The minimum atomic E-state index is -0.286. The van der Waals surface area contributed by atoms with Crippen LogP contribution in [0, 0.1) is 174 Å². The van der Waals surface area contributed by atoms with Crippen LogP contribution in [0.4, 0.5) is 0 Å². The SMILES string of the molecule is C[C@]12CCC(O)CC1=CC(=O)C1C2CC[C@]2(C)C(=O)CCC12.C[C@]12CCC(O)CC1=CCC1C2CC[C@]2(C)C(=O)CCC12.C[C@]12CC[C@H](O)CC1=CCC1C2CC[C@]2(C)C(=O)CCC12.[Ac].[Ac]. The van der Waals surface area contributed by atoms with Gasteiger partial charge in [0, 0.05) is 130 Å². The van der Waals surface area contributed by atoms with Crippen LogP contribution in [0.15, 0.2) is 34.9 Å². The molecule has 3 N–H and O–H groups in total. The van der Waals surface area contributed by atoms with Gasteiger partial charge in [-0.25, -0.2) is 0 Å². The van der Waals surface area contributed by atoms with Crippen molar-refractivity contribution in [3.05, 3.63) is 34.9 Å². The van der Waals surface area contributed by atoms with E-state index in [1.165, 1.54) is 29.6 Å². The fourth-order valence-corrected chi connectivity index (χ4v) is 19.0. The molecule has 0 aliphatic heterocycles. The second-order valence-electron chi connectivity index (χ2n) is 25.7. The van der Waals surface area contributed by atoms with Gasteiger partial charge < -0.3 is 15.3 Å². The molecule has 66 heavy (non-hydrogen) atoms. The van der Waals surface area contributed by atoms with Crippen molar-refractivity contribution in [1.82, 2.24) is 0 Å². The summed E-state index contributed by atoms with van der Waals surface area (Å²) in [6, 6.07) is 0. The monoisotopic (exact) mass is 1330 g/mol. The summed E-state index contributed by atoms with van der Waals surface area (Å²) in [5, 5.41) is 30.0. The van der Waals surface area contributed by atoms with E-state index in [4.69, 9.17) is 0 Å². The number of hydrogen-bond acceptors (Lipinski definition) is 7. The van der Waals surface area contributed by atoms with Crippen LogP contribution >= 0.6 is 0 Å². The van der Waals surface area contributed by atoms with Crippen molar-refractivity contribution >= 4 is 23.1 Å². The van der Waals surface area contributed by atoms with Crippen molar-refractivity contribution in [3.63, 3.8) is 0 Å². The zero-order valence-corrected chi connectivity index (χ0v) is 51.0. The molecule has 0 heterocycles. The second-order valence-corrected chi connectivity index (χ2v) is 25.7. The summed E-state index contributed by atoms with van der Waals surface area (Å²) in [4.78, 5) is 49.9. The van der Waals surface area contributed by atoms with Crippen molar-refractivity contribution in [2.75, 3.05) is 0 Å². The van der Waals surface area contributed by atoms with Gasteiger partial charge in [-0.2, -0.15) is 0 Å². The Morgan fingerprint density at radius 2 is 0.712 bits per heavy atom. The third-order valence-electron chi connectivity index (χ3n) is 23.2. The van der Waals surface area contributed by atoms with Crippen LogP contribution in [-0.4, -0.2) is 56.8 Å². The van der Waals surface area contributed by atoms with Crippen molar-refractivity contribution in [2.45, 2.75) is 208 Å². The molecule has 9 saturated carbocycles. The molecule has 11 unspecified atom stereocenters. The van der Waals surface area contributed by atoms with E-state index in [-0.39, 0.29) is 146 Å². The largest absolute Gasteiger partial charge is 0.393 e. The molecule has 0 aromatic heterocycles. The van der Waals surface area contributed by atoms with E-state index in [1.54, 1.807) is 0 Å². The maximum atomic E-state index is 12.9. The summed E-state index contributed by atoms with van der Waals surface area (Å²) in [5.41, 5.74) is 4.59. The number of aliphatic hydroxyl groups excluding tert-OH is 3. The predicted molar refractivity (Wildman–Crippen MR) is 249 cm³/mol. The first kappa shape index (κ1) is 53.0. The number of fused-ring (bicyclic) bond motifs is 15. The standard InChI is InChI=1S/C19H26O3.2C19H28O2.2Ac/c1-18-7-5-12(20)9-11(18)10-15(21)17-13-3-4-16(22)19(13,2)8-6-14(17)18;2*1-18-9-7-13(20)11-12(18)3-4-14-15-5-6-17(21)19(15,2)10-8-16(14)18;;/h10,12-14,17,20H,3-9H2,1-2H3;2*3,13-16,20H,4-11H2,1-2H3;;/t12?,13?,14?,17?,18-,19-;13?,14?,15?,16?,18-,19-;13-,14?,15?,16?,18-,19-;;/m000../s1. The first-order chi connectivity index (χ1) is 30.3. The van der Waals surface area contributed by atoms with Crippen LogP contribution in [0.3, 0.4) is 0 Å². The van der Waals surface area contributed by atoms with Gasteiger partial charge in [-0.05, 0) is 198 Å². The quantitative estimate of drug-likeness (QED) is 0.206. The van der Waals surface area contributed by atoms with Crippen LogP contribution < -0.4 is 0 Å². The third kappa shape index (κ3) is 8.30. The molecule has 9 heteroatoms. The average molecular weight is 1330 g/mol. The van der Waals surface area contributed by atoms with Crippen molar-refractivity contribution in [3.8, 4) is 0 Å². The summed E-state index contributed by atoms with van der Waals surface area (Å²) in [7, 11) is 0. The summed E-state index contributed by atoms with van der Waals surface area (Å²) in [5.74, 6) is 6.46. The van der Waals surface area contributed by atoms with Crippen LogP contribution in [0.25, 0.3) is 0 Å². The topological polar surface area (TPSA) is 129 Å². The maximum absolute atomic E-state index is 12.9. The molecule has 0 amide bonds. The molecule has 18 atom stereocenters. The molecule has 0 spiro atoms. The van der Waals surface area contributed by atoms with Crippen molar-refractivity contribution < 1.29 is 123 Å². The van der Waals surface area contributed by atoms with E-state index in [2.05, 4.69) is 53.7 Å². The maximum Gasteiger partial charge on any atom is 0.159 e. The van der Waals surface area contributed by atoms with Gasteiger partial charge in [0.2, 0.25) is 0 Å². The Morgan fingerprint density at radius 3 is 1.14 bits per heavy atom. The van der Waals surface area contributed by atoms with Crippen LogP contribution in [0.1, 0.15) is 189 Å². The zero-order valence-electron chi connectivity index (χ0n) is 41.6.